The van der Waals surface area contributed by atoms with Gasteiger partial charge in [-0.25, -0.2) is 0 Å². The summed E-state index contributed by atoms with van der Waals surface area (Å²) >= 11 is 0. The van der Waals surface area contributed by atoms with E-state index in [1.165, 1.54) is 16.7 Å². The minimum absolute atomic E-state index is 0.331. The molecular weight excluding hydrogens is 590 g/mol. The Balaban J connectivity index is 1.97. The van der Waals surface area contributed by atoms with E-state index in [-0.39, 0.29) is 5.60 Å². The highest BCUT2D eigenvalue weighted by Crippen LogP contribution is 2.61. The van der Waals surface area contributed by atoms with Gasteiger partial charge in [0.1, 0.15) is 17.1 Å². The molecular formula is C32H50O9P2. The van der Waals surface area contributed by atoms with Crippen LogP contribution in [-0.4, -0.2) is 36.5 Å². The Bertz CT molecular complexity index is 1310. The van der Waals surface area contributed by atoms with Crippen LogP contribution < -0.4 is 9.47 Å². The lowest BCUT2D eigenvalue weighted by Crippen LogP contribution is -2.36. The molecule has 0 radical (unpaired) electrons. The smallest absolute Gasteiger partial charge is 0.340 e. The summed E-state index contributed by atoms with van der Waals surface area (Å²) in [5, 5.41) is -2.24. The third kappa shape index (κ3) is 12.1. The van der Waals surface area contributed by atoms with Crippen molar-refractivity contribution in [2.45, 2.75) is 124 Å². The van der Waals surface area contributed by atoms with E-state index in [1.54, 1.807) is 6.92 Å². The number of rotatable bonds is 15. The molecule has 43 heavy (non-hydrogen) atoms. The maximum Gasteiger partial charge on any atom is 0.340 e. The van der Waals surface area contributed by atoms with Crippen LogP contribution in [0.3, 0.4) is 0 Å². The van der Waals surface area contributed by atoms with Crippen molar-refractivity contribution < 1.29 is 43.0 Å². The topological polar surface area (TPSA) is 151 Å². The zero-order chi connectivity index (χ0) is 32.6. The summed E-state index contributed by atoms with van der Waals surface area (Å²) in [6.45, 7) is 14.4. The van der Waals surface area contributed by atoms with E-state index in [0.717, 1.165) is 68.2 Å². The van der Waals surface area contributed by atoms with Crippen molar-refractivity contribution in [1.82, 2.24) is 0 Å². The number of carbonyl (C=O) groups excluding carboxylic acids is 1. The third-order valence-electron chi connectivity index (χ3n) is 7.94. The van der Waals surface area contributed by atoms with Crippen LogP contribution in [0.2, 0.25) is 0 Å². The second-order valence-corrected chi connectivity index (χ2v) is 16.4. The molecule has 0 saturated carbocycles. The molecule has 1 heterocycles. The van der Waals surface area contributed by atoms with Crippen LogP contribution in [0.15, 0.2) is 41.0 Å². The first-order valence-electron chi connectivity index (χ1n) is 14.9. The van der Waals surface area contributed by atoms with E-state index in [2.05, 4.69) is 52.8 Å². The molecule has 0 fully saturated rings. The number of ether oxygens (including phenoxy) is 2. The standard InChI is InChI=1S/C32H50O9P2/c1-22(2)11-8-12-23(3)13-9-14-24(4)15-10-19-32(7)20-18-27-26(6)31(25(5)21-28(27)41-32)40-29(33)16-17-30(42(34,35)36)43(37,38)39/h11,13,15,21,30H,8-10,12,14,16-20H2,1-7H3,(H2,34,35,36)(H2,37,38,39). The Morgan fingerprint density at radius 3 is 2.07 bits per heavy atom. The number of hydrogen-bond acceptors (Lipinski definition) is 5. The molecule has 1 aromatic carbocycles. The number of esters is 1. The monoisotopic (exact) mass is 640 g/mol. The van der Waals surface area contributed by atoms with Crippen molar-refractivity contribution in [1.29, 1.82) is 0 Å². The molecule has 0 spiro atoms. The predicted molar refractivity (Wildman–Crippen MR) is 171 cm³/mol. The van der Waals surface area contributed by atoms with Gasteiger partial charge in [0, 0.05) is 12.0 Å². The van der Waals surface area contributed by atoms with Crippen molar-refractivity contribution in [2.75, 3.05) is 0 Å². The molecule has 2 rings (SSSR count). The molecule has 1 unspecified atom stereocenters. The number of allylic oxidation sites excluding steroid dienone is 6. The zero-order valence-electron chi connectivity index (χ0n) is 26.7. The van der Waals surface area contributed by atoms with Crippen molar-refractivity contribution >= 4 is 21.2 Å². The van der Waals surface area contributed by atoms with Crippen molar-refractivity contribution in [3.8, 4) is 11.5 Å². The Kier molecular flexibility index (Phi) is 13.7. The van der Waals surface area contributed by atoms with E-state index >= 15 is 0 Å². The minimum atomic E-state index is -5.11. The van der Waals surface area contributed by atoms with Crippen LogP contribution in [0, 0.1) is 13.8 Å². The maximum atomic E-state index is 12.5. The quantitative estimate of drug-likeness (QED) is 0.0648. The van der Waals surface area contributed by atoms with E-state index in [4.69, 9.17) is 9.47 Å². The normalized spacial score (nSPS) is 17.9. The molecule has 1 atom stereocenters. The number of fused-ring (bicyclic) bond motifs is 1. The molecule has 0 bridgehead atoms. The molecule has 0 saturated heterocycles. The number of benzene rings is 1. The second kappa shape index (κ2) is 15.8. The van der Waals surface area contributed by atoms with Crippen LogP contribution in [0.5, 0.6) is 11.5 Å². The number of carbonyl (C=O) groups is 1. The molecule has 1 aliphatic rings. The largest absolute Gasteiger partial charge is 0.487 e. The van der Waals surface area contributed by atoms with Gasteiger partial charge in [-0.05, 0) is 123 Å². The van der Waals surface area contributed by atoms with Crippen LogP contribution in [-0.2, 0) is 20.3 Å². The fraction of sp³-hybridized carbons (Fsp3) is 0.594. The van der Waals surface area contributed by atoms with Gasteiger partial charge in [-0.15, -0.1) is 0 Å². The Morgan fingerprint density at radius 2 is 1.51 bits per heavy atom. The summed E-state index contributed by atoms with van der Waals surface area (Å²) in [5.74, 6) is 0.261. The van der Waals surface area contributed by atoms with E-state index in [9.17, 15) is 33.5 Å². The van der Waals surface area contributed by atoms with Crippen molar-refractivity contribution in [3.63, 3.8) is 0 Å². The van der Waals surface area contributed by atoms with Crippen molar-refractivity contribution in [3.05, 3.63) is 57.7 Å². The first kappa shape index (κ1) is 37.2. The highest BCUT2D eigenvalue weighted by atomic mass is 31.2. The highest BCUT2D eigenvalue weighted by Gasteiger charge is 2.43. The summed E-state index contributed by atoms with van der Waals surface area (Å²) in [4.78, 5) is 49.7. The van der Waals surface area contributed by atoms with Crippen LogP contribution in [0.1, 0.15) is 109 Å². The molecule has 1 aliphatic heterocycles. The molecule has 0 aliphatic carbocycles. The Hall–Kier alpha value is -1.99. The van der Waals surface area contributed by atoms with Gasteiger partial charge in [0.25, 0.3) is 0 Å². The Morgan fingerprint density at radius 1 is 0.953 bits per heavy atom. The molecule has 1 aromatic rings. The van der Waals surface area contributed by atoms with Crippen LogP contribution in [0.25, 0.3) is 0 Å². The molecule has 4 N–H and O–H groups in total. The maximum absolute atomic E-state index is 12.5. The summed E-state index contributed by atoms with van der Waals surface area (Å²) in [5.41, 5.74) is 6.18. The number of aryl methyl sites for hydroxylation is 1. The van der Waals surface area contributed by atoms with E-state index in [0.29, 0.717) is 11.3 Å². The first-order valence-corrected chi connectivity index (χ1v) is 18.3. The minimum Gasteiger partial charge on any atom is -0.487 e. The van der Waals surface area contributed by atoms with Gasteiger partial charge < -0.3 is 29.0 Å². The summed E-state index contributed by atoms with van der Waals surface area (Å²) < 4.78 is 35.0. The molecule has 242 valence electrons. The van der Waals surface area contributed by atoms with Gasteiger partial charge in [-0.1, -0.05) is 34.9 Å². The zero-order valence-corrected chi connectivity index (χ0v) is 28.5. The lowest BCUT2D eigenvalue weighted by atomic mass is 9.86. The van der Waals surface area contributed by atoms with Gasteiger partial charge in [-0.2, -0.15) is 0 Å². The SMILES string of the molecule is CC(C)=CCCC(C)=CCCC(C)=CCCC1(C)CCc2c(cc(C)c(OC(=O)CCC(P(=O)(O)O)P(=O)(O)O)c2C)O1. The van der Waals surface area contributed by atoms with Gasteiger partial charge in [0.15, 0.2) is 5.40 Å². The lowest BCUT2D eigenvalue weighted by Gasteiger charge is -2.37. The van der Waals surface area contributed by atoms with Crippen LogP contribution >= 0.6 is 15.2 Å². The fourth-order valence-corrected chi connectivity index (χ4v) is 7.81. The van der Waals surface area contributed by atoms with E-state index in [1.807, 2.05) is 13.0 Å². The van der Waals surface area contributed by atoms with Gasteiger partial charge >= 0.3 is 21.2 Å². The average Bonchev–Trinajstić information content (AvgIpc) is 2.84. The van der Waals surface area contributed by atoms with Gasteiger partial charge in [0.2, 0.25) is 0 Å². The summed E-state index contributed by atoms with van der Waals surface area (Å²) in [6, 6.07) is 1.84. The molecule has 9 nitrogen and oxygen atoms in total. The third-order valence-corrected chi connectivity index (χ3v) is 11.8. The van der Waals surface area contributed by atoms with Crippen molar-refractivity contribution in [2.24, 2.45) is 0 Å². The average molecular weight is 641 g/mol. The van der Waals surface area contributed by atoms with Gasteiger partial charge in [-0.3, -0.25) is 13.9 Å². The Labute approximate surface area is 256 Å². The predicted octanol–water partition coefficient (Wildman–Crippen LogP) is 7.95. The molecule has 0 aromatic heterocycles. The number of hydrogen-bond donors (Lipinski definition) is 4. The lowest BCUT2D eigenvalue weighted by molar-refractivity contribution is -0.134. The molecule has 0 amide bonds. The highest BCUT2D eigenvalue weighted by molar-refractivity contribution is 7.70. The first-order chi connectivity index (χ1) is 19.8. The fourth-order valence-electron chi connectivity index (χ4n) is 5.31. The van der Waals surface area contributed by atoms with E-state index < -0.39 is 39.4 Å². The van der Waals surface area contributed by atoms with Crippen LogP contribution in [0.4, 0.5) is 0 Å². The summed E-state index contributed by atoms with van der Waals surface area (Å²) in [6.07, 6.45) is 13.3. The molecule has 11 heteroatoms. The summed E-state index contributed by atoms with van der Waals surface area (Å²) in [7, 11) is -10.2. The second-order valence-electron chi connectivity index (χ2n) is 12.3. The van der Waals surface area contributed by atoms with Gasteiger partial charge in [0.05, 0.1) is 0 Å².